The van der Waals surface area contributed by atoms with Crippen LogP contribution in [0, 0.1) is 17.0 Å². The molecule has 0 saturated heterocycles. The van der Waals surface area contributed by atoms with Crippen LogP contribution in [0.4, 0.5) is 11.4 Å². The maximum atomic E-state index is 12.9. The highest BCUT2D eigenvalue weighted by Gasteiger charge is 2.16. The summed E-state index contributed by atoms with van der Waals surface area (Å²) in [5, 5.41) is 14.6. The SMILES string of the molecule is Cc1ccc(NC(=O)Cn2c3ccccc3c(=O)c3cc([N+](=O)[O-])ccc32)c(Br)c1. The Morgan fingerprint density at radius 1 is 1.07 bits per heavy atom. The van der Waals surface area contributed by atoms with E-state index >= 15 is 0 Å². The molecule has 0 fully saturated rings. The summed E-state index contributed by atoms with van der Waals surface area (Å²) in [6.45, 7) is 1.89. The predicted octanol–water partition coefficient (Wildman–Crippen LogP) is 4.77. The van der Waals surface area contributed by atoms with Crippen LogP contribution in [0.1, 0.15) is 5.56 Å². The van der Waals surface area contributed by atoms with Crippen LogP contribution in [-0.4, -0.2) is 15.4 Å². The van der Waals surface area contributed by atoms with Crippen molar-refractivity contribution in [2.24, 2.45) is 0 Å². The van der Waals surface area contributed by atoms with Gasteiger partial charge in [0.05, 0.1) is 27.0 Å². The fourth-order valence-corrected chi connectivity index (χ4v) is 4.05. The third kappa shape index (κ3) is 3.57. The Morgan fingerprint density at radius 3 is 2.53 bits per heavy atom. The number of nitrogens with one attached hydrogen (secondary N) is 1. The highest BCUT2D eigenvalue weighted by molar-refractivity contribution is 9.10. The van der Waals surface area contributed by atoms with Gasteiger partial charge in [-0.2, -0.15) is 0 Å². The van der Waals surface area contributed by atoms with E-state index in [4.69, 9.17) is 0 Å². The Kier molecular flexibility index (Phi) is 5.09. The molecule has 0 unspecified atom stereocenters. The molecule has 8 heteroatoms. The Morgan fingerprint density at radius 2 is 1.80 bits per heavy atom. The standard InChI is InChI=1S/C22H16BrN3O4/c1-13-6-8-18(17(23)10-13)24-21(27)12-25-19-5-3-2-4-15(19)22(28)16-11-14(26(29)30)7-9-20(16)25/h2-11H,12H2,1H3,(H,24,27). The van der Waals surface area contributed by atoms with Crippen molar-refractivity contribution in [1.82, 2.24) is 4.57 Å². The molecular weight excluding hydrogens is 450 g/mol. The maximum absolute atomic E-state index is 12.9. The van der Waals surface area contributed by atoms with Gasteiger partial charge in [-0.1, -0.05) is 18.2 Å². The number of benzene rings is 3. The van der Waals surface area contributed by atoms with E-state index in [1.807, 2.05) is 25.1 Å². The molecule has 0 aliphatic carbocycles. The summed E-state index contributed by atoms with van der Waals surface area (Å²) in [7, 11) is 0. The lowest BCUT2D eigenvalue weighted by atomic mass is 10.1. The molecular formula is C22H16BrN3O4. The average Bonchev–Trinajstić information content (AvgIpc) is 2.72. The molecule has 1 heterocycles. The number of nitrogens with zero attached hydrogens (tertiary/aromatic N) is 2. The number of nitro groups is 1. The molecule has 7 nitrogen and oxygen atoms in total. The molecule has 1 aromatic heterocycles. The molecule has 0 aliphatic rings. The monoisotopic (exact) mass is 465 g/mol. The zero-order valence-electron chi connectivity index (χ0n) is 15.9. The zero-order valence-corrected chi connectivity index (χ0v) is 17.5. The summed E-state index contributed by atoms with van der Waals surface area (Å²) >= 11 is 3.44. The van der Waals surface area contributed by atoms with Gasteiger partial charge < -0.3 is 9.88 Å². The minimum absolute atomic E-state index is 0.0601. The van der Waals surface area contributed by atoms with Crippen molar-refractivity contribution in [2.75, 3.05) is 5.32 Å². The van der Waals surface area contributed by atoms with Gasteiger partial charge in [-0.05, 0) is 58.7 Å². The number of carbonyl (C=O) groups excluding carboxylic acids is 1. The molecule has 0 bridgehead atoms. The van der Waals surface area contributed by atoms with Crippen molar-refractivity contribution in [3.63, 3.8) is 0 Å². The van der Waals surface area contributed by atoms with E-state index in [2.05, 4.69) is 21.2 Å². The van der Waals surface area contributed by atoms with E-state index in [1.165, 1.54) is 18.2 Å². The van der Waals surface area contributed by atoms with E-state index in [9.17, 15) is 19.7 Å². The molecule has 0 saturated carbocycles. The molecule has 150 valence electrons. The van der Waals surface area contributed by atoms with E-state index in [0.717, 1.165) is 10.0 Å². The molecule has 0 radical (unpaired) electrons. The van der Waals surface area contributed by atoms with Crippen molar-refractivity contribution in [2.45, 2.75) is 13.5 Å². The lowest BCUT2D eigenvalue weighted by Gasteiger charge is -2.15. The molecule has 4 aromatic rings. The van der Waals surface area contributed by atoms with Crippen LogP contribution in [0.3, 0.4) is 0 Å². The van der Waals surface area contributed by atoms with Crippen LogP contribution in [0.25, 0.3) is 21.8 Å². The molecule has 0 atom stereocenters. The van der Waals surface area contributed by atoms with E-state index in [0.29, 0.717) is 22.1 Å². The smallest absolute Gasteiger partial charge is 0.270 e. The summed E-state index contributed by atoms with van der Waals surface area (Å²) < 4.78 is 2.47. The largest absolute Gasteiger partial charge is 0.331 e. The van der Waals surface area contributed by atoms with E-state index in [1.54, 1.807) is 28.8 Å². The number of rotatable bonds is 4. The van der Waals surface area contributed by atoms with Gasteiger partial charge in [0.2, 0.25) is 5.91 Å². The number of anilines is 1. The first-order chi connectivity index (χ1) is 14.3. The number of non-ortho nitro benzene ring substituents is 1. The third-order valence-corrected chi connectivity index (χ3v) is 5.52. The second kappa shape index (κ2) is 7.72. The fraction of sp³-hybridized carbons (Fsp3) is 0.0909. The fourth-order valence-electron chi connectivity index (χ4n) is 3.46. The van der Waals surface area contributed by atoms with Gasteiger partial charge in [-0.25, -0.2) is 0 Å². The lowest BCUT2D eigenvalue weighted by Crippen LogP contribution is -2.21. The van der Waals surface area contributed by atoms with Gasteiger partial charge in [-0.3, -0.25) is 19.7 Å². The van der Waals surface area contributed by atoms with Crippen LogP contribution >= 0.6 is 15.9 Å². The van der Waals surface area contributed by atoms with Crippen LogP contribution in [-0.2, 0) is 11.3 Å². The number of amides is 1. The number of halogens is 1. The first kappa shape index (κ1) is 19.8. The number of aromatic nitrogens is 1. The topological polar surface area (TPSA) is 94.2 Å². The van der Waals surface area contributed by atoms with Crippen LogP contribution in [0.2, 0.25) is 0 Å². The molecule has 4 rings (SSSR count). The molecule has 1 N–H and O–H groups in total. The van der Waals surface area contributed by atoms with Gasteiger partial charge in [0.15, 0.2) is 5.43 Å². The van der Waals surface area contributed by atoms with E-state index in [-0.39, 0.29) is 29.0 Å². The van der Waals surface area contributed by atoms with Crippen molar-refractivity contribution in [3.8, 4) is 0 Å². The zero-order chi connectivity index (χ0) is 21.4. The highest BCUT2D eigenvalue weighted by Crippen LogP contribution is 2.25. The second-order valence-electron chi connectivity index (χ2n) is 6.92. The number of nitro benzene ring substituents is 1. The Labute approximate surface area is 179 Å². The molecule has 30 heavy (non-hydrogen) atoms. The Bertz CT molecular complexity index is 1390. The van der Waals surface area contributed by atoms with Crippen molar-refractivity contribution in [1.29, 1.82) is 0 Å². The van der Waals surface area contributed by atoms with Gasteiger partial charge in [0, 0.05) is 22.0 Å². The predicted molar refractivity (Wildman–Crippen MR) is 120 cm³/mol. The quantitative estimate of drug-likeness (QED) is 0.266. The van der Waals surface area contributed by atoms with Crippen LogP contribution in [0.5, 0.6) is 0 Å². The van der Waals surface area contributed by atoms with E-state index < -0.39 is 4.92 Å². The van der Waals surface area contributed by atoms with Crippen molar-refractivity contribution in [3.05, 3.63) is 91.0 Å². The molecule has 0 spiro atoms. The van der Waals surface area contributed by atoms with Gasteiger partial charge in [0.25, 0.3) is 5.69 Å². The van der Waals surface area contributed by atoms with Gasteiger partial charge in [-0.15, -0.1) is 0 Å². The number of carbonyl (C=O) groups is 1. The summed E-state index contributed by atoms with van der Waals surface area (Å²) in [6, 6.07) is 16.6. The minimum Gasteiger partial charge on any atom is -0.331 e. The number of para-hydroxylation sites is 1. The maximum Gasteiger partial charge on any atom is 0.270 e. The number of pyridine rings is 1. The number of fused-ring (bicyclic) bond motifs is 2. The first-order valence-electron chi connectivity index (χ1n) is 9.11. The third-order valence-electron chi connectivity index (χ3n) is 4.87. The second-order valence-corrected chi connectivity index (χ2v) is 7.78. The number of hydrogen-bond acceptors (Lipinski definition) is 4. The lowest BCUT2D eigenvalue weighted by molar-refractivity contribution is -0.384. The van der Waals surface area contributed by atoms with Crippen molar-refractivity contribution < 1.29 is 9.72 Å². The van der Waals surface area contributed by atoms with Crippen LogP contribution < -0.4 is 10.7 Å². The Balaban J connectivity index is 1.84. The highest BCUT2D eigenvalue weighted by atomic mass is 79.9. The number of aryl methyl sites for hydroxylation is 1. The normalized spacial score (nSPS) is 11.0. The number of hydrogen-bond donors (Lipinski definition) is 1. The summed E-state index contributed by atoms with van der Waals surface area (Å²) in [5.41, 5.74) is 2.26. The van der Waals surface area contributed by atoms with Gasteiger partial charge in [0.1, 0.15) is 6.54 Å². The summed E-state index contributed by atoms with van der Waals surface area (Å²) in [5.74, 6) is -0.284. The van der Waals surface area contributed by atoms with Gasteiger partial charge >= 0.3 is 0 Å². The summed E-state index contributed by atoms with van der Waals surface area (Å²) in [4.78, 5) is 36.4. The first-order valence-corrected chi connectivity index (χ1v) is 9.90. The van der Waals surface area contributed by atoms with Crippen molar-refractivity contribution >= 4 is 55.0 Å². The minimum atomic E-state index is -0.542. The Hall–Kier alpha value is -3.52. The molecule has 0 aliphatic heterocycles. The molecule has 3 aromatic carbocycles. The molecule has 1 amide bonds. The summed E-state index contributed by atoms with van der Waals surface area (Å²) in [6.07, 6.45) is 0. The van der Waals surface area contributed by atoms with Crippen LogP contribution in [0.15, 0.2) is 69.9 Å². The average molecular weight is 466 g/mol.